The van der Waals surface area contributed by atoms with Crippen LogP contribution in [0.15, 0.2) is 15.5 Å². The predicted octanol–water partition coefficient (Wildman–Crippen LogP) is -1.21. The van der Waals surface area contributed by atoms with Gasteiger partial charge in [-0.25, -0.2) is 5.10 Å². The van der Waals surface area contributed by atoms with E-state index in [1.165, 1.54) is 0 Å². The average Bonchev–Trinajstić information content (AvgIpc) is 1.83. The van der Waals surface area contributed by atoms with Crippen molar-refractivity contribution in [1.29, 1.82) is 0 Å². The minimum atomic E-state index is -0.149. The Morgan fingerprint density at radius 1 is 1.78 bits per heavy atom. The first-order valence-electron chi connectivity index (χ1n) is 2.41. The molecule has 0 aliphatic heterocycles. The van der Waals surface area contributed by atoms with E-state index in [2.05, 4.69) is 26.1 Å². The Bertz CT molecular complexity index is 272. The van der Waals surface area contributed by atoms with Gasteiger partial charge in [-0.3, -0.25) is 4.79 Å². The zero-order valence-corrected chi connectivity index (χ0v) is 6.40. The molecule has 1 aromatic rings. The van der Waals surface area contributed by atoms with Crippen LogP contribution in [0.2, 0.25) is 0 Å². The highest BCUT2D eigenvalue weighted by Gasteiger charge is 1.95. The van der Waals surface area contributed by atoms with Gasteiger partial charge in [0.1, 0.15) is 7.85 Å². The van der Waals surface area contributed by atoms with E-state index in [1.807, 2.05) is 0 Å². The van der Waals surface area contributed by atoms with Gasteiger partial charge in [0, 0.05) is 4.47 Å². The highest BCUT2D eigenvalue weighted by molar-refractivity contribution is 9.10. The van der Waals surface area contributed by atoms with Gasteiger partial charge < -0.3 is 0 Å². The van der Waals surface area contributed by atoms with Crippen molar-refractivity contribution in [3.8, 4) is 0 Å². The zero-order chi connectivity index (χ0) is 6.85. The Balaban J connectivity index is 3.43. The summed E-state index contributed by atoms with van der Waals surface area (Å²) in [7, 11) is 1.73. The van der Waals surface area contributed by atoms with Crippen LogP contribution >= 0.6 is 15.9 Å². The van der Waals surface area contributed by atoms with Crippen LogP contribution in [-0.4, -0.2) is 18.0 Å². The molecule has 0 fully saturated rings. The maximum absolute atomic E-state index is 10.7. The Morgan fingerprint density at radius 3 is 2.89 bits per heavy atom. The standard InChI is InChI=1S/C4H4BBrN2O/c5-3-2(6)1-7-8-4(3)9/h1H,5H2,(H,8,9). The topological polar surface area (TPSA) is 45.8 Å². The van der Waals surface area contributed by atoms with Crippen LogP contribution in [0, 0.1) is 0 Å². The van der Waals surface area contributed by atoms with Crippen molar-refractivity contribution in [1.82, 2.24) is 10.2 Å². The number of nitrogens with one attached hydrogen (secondary N) is 1. The maximum Gasteiger partial charge on any atom is 0.258 e. The van der Waals surface area contributed by atoms with Crippen LogP contribution < -0.4 is 11.0 Å². The monoisotopic (exact) mass is 186 g/mol. The molecule has 1 aromatic heterocycles. The molecule has 9 heavy (non-hydrogen) atoms. The van der Waals surface area contributed by atoms with E-state index in [4.69, 9.17) is 0 Å². The van der Waals surface area contributed by atoms with Crippen LogP contribution in [0.5, 0.6) is 0 Å². The highest BCUT2D eigenvalue weighted by Crippen LogP contribution is 1.96. The van der Waals surface area contributed by atoms with Crippen molar-refractivity contribution < 1.29 is 0 Å². The number of hydrogen-bond donors (Lipinski definition) is 1. The van der Waals surface area contributed by atoms with Crippen molar-refractivity contribution in [2.45, 2.75) is 0 Å². The molecule has 0 atom stereocenters. The fourth-order valence-electron chi connectivity index (χ4n) is 0.437. The van der Waals surface area contributed by atoms with Gasteiger partial charge in [-0.2, -0.15) is 5.10 Å². The number of halogens is 1. The van der Waals surface area contributed by atoms with Gasteiger partial charge in [-0.05, 0) is 21.4 Å². The van der Waals surface area contributed by atoms with E-state index in [0.29, 0.717) is 5.46 Å². The first-order valence-corrected chi connectivity index (χ1v) is 3.21. The number of H-pyrrole nitrogens is 1. The third-order valence-electron chi connectivity index (χ3n) is 1.04. The van der Waals surface area contributed by atoms with Gasteiger partial charge in [0.05, 0.1) is 6.20 Å². The summed E-state index contributed by atoms with van der Waals surface area (Å²) in [6.07, 6.45) is 1.55. The molecular weight excluding hydrogens is 183 g/mol. The van der Waals surface area contributed by atoms with Crippen LogP contribution in [0.4, 0.5) is 0 Å². The average molecular weight is 187 g/mol. The van der Waals surface area contributed by atoms with E-state index >= 15 is 0 Å². The molecule has 3 nitrogen and oxygen atoms in total. The number of hydrogen-bond acceptors (Lipinski definition) is 2. The summed E-state index contributed by atoms with van der Waals surface area (Å²) in [5.41, 5.74) is 0.509. The number of rotatable bonds is 0. The smallest absolute Gasteiger partial charge is 0.258 e. The first-order chi connectivity index (χ1) is 4.22. The normalized spacial score (nSPS) is 9.44. The molecule has 0 radical (unpaired) electrons. The molecule has 1 rings (SSSR count). The second-order valence-corrected chi connectivity index (χ2v) is 2.53. The molecule has 0 aromatic carbocycles. The zero-order valence-electron chi connectivity index (χ0n) is 4.81. The summed E-state index contributed by atoms with van der Waals surface area (Å²) in [5.74, 6) is 0. The summed E-state index contributed by atoms with van der Waals surface area (Å²) >= 11 is 3.16. The third-order valence-corrected chi connectivity index (χ3v) is 1.84. The van der Waals surface area contributed by atoms with E-state index in [9.17, 15) is 4.79 Å². The predicted molar refractivity (Wildman–Crippen MR) is 40.7 cm³/mol. The summed E-state index contributed by atoms with van der Waals surface area (Å²) in [6.45, 7) is 0. The highest BCUT2D eigenvalue weighted by atomic mass is 79.9. The molecule has 0 saturated carbocycles. The van der Waals surface area contributed by atoms with Gasteiger partial charge in [-0.15, -0.1) is 0 Å². The van der Waals surface area contributed by atoms with Crippen molar-refractivity contribution in [3.63, 3.8) is 0 Å². The van der Waals surface area contributed by atoms with Gasteiger partial charge in [-0.1, -0.05) is 0 Å². The van der Waals surface area contributed by atoms with Crippen LogP contribution in [0.25, 0.3) is 0 Å². The molecule has 0 aliphatic carbocycles. The fraction of sp³-hybridized carbons (Fsp3) is 0. The lowest BCUT2D eigenvalue weighted by Gasteiger charge is -1.90. The van der Waals surface area contributed by atoms with Crippen LogP contribution in [-0.2, 0) is 0 Å². The molecular formula is C4H4BBrN2O. The Kier molecular flexibility index (Phi) is 1.71. The Hall–Kier alpha value is -0.575. The largest absolute Gasteiger partial charge is 0.269 e. The Morgan fingerprint density at radius 2 is 2.44 bits per heavy atom. The van der Waals surface area contributed by atoms with Crippen LogP contribution in [0.1, 0.15) is 0 Å². The van der Waals surface area contributed by atoms with Gasteiger partial charge in [0.15, 0.2) is 0 Å². The van der Waals surface area contributed by atoms with E-state index in [1.54, 1.807) is 14.0 Å². The molecule has 0 unspecified atom stereocenters. The van der Waals surface area contributed by atoms with Gasteiger partial charge in [0.2, 0.25) is 0 Å². The number of aromatic amines is 1. The Labute approximate surface area is 61.0 Å². The van der Waals surface area contributed by atoms with Gasteiger partial charge in [0.25, 0.3) is 5.56 Å². The van der Waals surface area contributed by atoms with Crippen molar-refractivity contribution in [2.75, 3.05) is 0 Å². The van der Waals surface area contributed by atoms with E-state index < -0.39 is 0 Å². The van der Waals surface area contributed by atoms with E-state index in [0.717, 1.165) is 4.47 Å². The molecule has 1 heterocycles. The first kappa shape index (κ1) is 6.54. The van der Waals surface area contributed by atoms with E-state index in [-0.39, 0.29) is 5.56 Å². The summed E-state index contributed by atoms with van der Waals surface area (Å²) in [4.78, 5) is 10.7. The number of aromatic nitrogens is 2. The number of nitrogens with zero attached hydrogens (tertiary/aromatic N) is 1. The molecule has 0 spiro atoms. The molecule has 5 heteroatoms. The SMILES string of the molecule is Bc1c(Br)cn[nH]c1=O. The third kappa shape index (κ3) is 1.21. The lowest BCUT2D eigenvalue weighted by Crippen LogP contribution is -2.29. The fourth-order valence-corrected chi connectivity index (χ4v) is 0.719. The quantitative estimate of drug-likeness (QED) is 0.518. The molecule has 0 amide bonds. The molecule has 1 N–H and O–H groups in total. The summed E-state index contributed by atoms with van der Waals surface area (Å²) in [5, 5.41) is 5.87. The second-order valence-electron chi connectivity index (χ2n) is 1.67. The maximum atomic E-state index is 10.7. The van der Waals surface area contributed by atoms with Crippen molar-refractivity contribution in [3.05, 3.63) is 21.0 Å². The minimum absolute atomic E-state index is 0.149. The van der Waals surface area contributed by atoms with Gasteiger partial charge >= 0.3 is 0 Å². The molecule has 0 saturated heterocycles. The summed E-state index contributed by atoms with van der Waals surface area (Å²) < 4.78 is 0.742. The van der Waals surface area contributed by atoms with Crippen LogP contribution in [0.3, 0.4) is 0 Å². The minimum Gasteiger partial charge on any atom is -0.269 e. The summed E-state index contributed by atoms with van der Waals surface area (Å²) in [6, 6.07) is 0. The second kappa shape index (κ2) is 2.35. The molecule has 0 aliphatic rings. The van der Waals surface area contributed by atoms with Crippen molar-refractivity contribution >= 4 is 29.2 Å². The molecule has 0 bridgehead atoms. The van der Waals surface area contributed by atoms with Crippen molar-refractivity contribution in [2.24, 2.45) is 0 Å². The molecule has 46 valence electrons. The lowest BCUT2D eigenvalue weighted by molar-refractivity contribution is 0.993. The lowest BCUT2D eigenvalue weighted by atomic mass is 10.00.